The van der Waals surface area contributed by atoms with E-state index in [0.717, 1.165) is 0 Å². The van der Waals surface area contributed by atoms with E-state index in [1.165, 1.54) is 12.1 Å². The van der Waals surface area contributed by atoms with Gasteiger partial charge in [-0.25, -0.2) is 4.57 Å². The third-order valence-corrected chi connectivity index (χ3v) is 3.43. The van der Waals surface area contributed by atoms with Gasteiger partial charge in [0.2, 0.25) is 0 Å². The first-order chi connectivity index (χ1) is 8.57. The molecule has 1 unspecified atom stereocenters. The minimum atomic E-state index is -4.07. The van der Waals surface area contributed by atoms with E-state index in [2.05, 4.69) is 0 Å². The molecule has 2 aromatic rings. The van der Waals surface area contributed by atoms with Crippen LogP contribution in [-0.2, 0) is 4.57 Å². The summed E-state index contributed by atoms with van der Waals surface area (Å²) >= 11 is 0. The van der Waals surface area contributed by atoms with Crippen LogP contribution < -0.4 is 9.05 Å². The normalized spacial score (nSPS) is 20.9. The topological polar surface area (TPSA) is 76.0 Å². The molecule has 0 radical (unpaired) electrons. The Balaban J connectivity index is 2.20. The van der Waals surface area contributed by atoms with Crippen molar-refractivity contribution < 1.29 is 23.6 Å². The zero-order valence-electron chi connectivity index (χ0n) is 9.11. The van der Waals surface area contributed by atoms with Crippen molar-refractivity contribution in [3.8, 4) is 28.4 Å². The lowest BCUT2D eigenvalue weighted by Crippen LogP contribution is -1.88. The molecule has 6 heteroatoms. The van der Waals surface area contributed by atoms with Crippen molar-refractivity contribution in [1.82, 2.24) is 0 Å². The van der Waals surface area contributed by atoms with Crippen molar-refractivity contribution in [3.05, 3.63) is 42.5 Å². The monoisotopic (exact) mass is 264 g/mol. The van der Waals surface area contributed by atoms with Crippen molar-refractivity contribution in [2.45, 2.75) is 0 Å². The van der Waals surface area contributed by atoms with E-state index < -0.39 is 7.82 Å². The highest BCUT2D eigenvalue weighted by molar-refractivity contribution is 7.48. The van der Waals surface area contributed by atoms with Gasteiger partial charge in [0.1, 0.15) is 5.75 Å². The second-order valence-electron chi connectivity index (χ2n) is 3.80. The molecule has 1 aliphatic rings. The van der Waals surface area contributed by atoms with Crippen LogP contribution in [0.25, 0.3) is 11.1 Å². The number of benzene rings is 2. The summed E-state index contributed by atoms with van der Waals surface area (Å²) in [7, 11) is -4.07. The van der Waals surface area contributed by atoms with Crippen LogP contribution in [0.1, 0.15) is 0 Å². The van der Waals surface area contributed by atoms with Gasteiger partial charge >= 0.3 is 7.82 Å². The van der Waals surface area contributed by atoms with Crippen molar-refractivity contribution >= 4 is 7.82 Å². The van der Waals surface area contributed by atoms with E-state index in [9.17, 15) is 14.6 Å². The van der Waals surface area contributed by atoms with E-state index in [1.807, 2.05) is 0 Å². The number of fused-ring (bicyclic) bond motifs is 1. The Kier molecular flexibility index (Phi) is 2.33. The van der Waals surface area contributed by atoms with Gasteiger partial charge in [-0.05, 0) is 12.1 Å². The number of para-hydroxylation sites is 2. The molecule has 0 fully saturated rings. The minimum absolute atomic E-state index is 0.0640. The summed E-state index contributed by atoms with van der Waals surface area (Å²) in [5.74, 6) is 0.431. The van der Waals surface area contributed by atoms with Crippen molar-refractivity contribution in [1.29, 1.82) is 0 Å². The van der Waals surface area contributed by atoms with Crippen LogP contribution in [0.5, 0.6) is 17.2 Å². The Hall–Kier alpha value is -1.97. The van der Waals surface area contributed by atoms with Crippen LogP contribution in [-0.4, -0.2) is 10.00 Å². The van der Waals surface area contributed by atoms with E-state index in [1.54, 1.807) is 30.3 Å². The van der Waals surface area contributed by atoms with Gasteiger partial charge in [0, 0.05) is 11.1 Å². The summed E-state index contributed by atoms with van der Waals surface area (Å²) < 4.78 is 21.1. The molecule has 2 aromatic carbocycles. The smallest absolute Gasteiger partial charge is 0.507 e. The van der Waals surface area contributed by atoms with Gasteiger partial charge < -0.3 is 14.2 Å². The maximum Gasteiger partial charge on any atom is 0.585 e. The van der Waals surface area contributed by atoms with Gasteiger partial charge in [0.15, 0.2) is 11.5 Å². The number of phosphoric acid groups is 1. The molecule has 3 rings (SSSR count). The lowest BCUT2D eigenvalue weighted by Gasteiger charge is -2.07. The van der Waals surface area contributed by atoms with Crippen molar-refractivity contribution in [2.75, 3.05) is 0 Å². The highest BCUT2D eigenvalue weighted by atomic mass is 31.2. The number of phenols is 1. The highest BCUT2D eigenvalue weighted by Gasteiger charge is 2.36. The molecule has 0 saturated carbocycles. The minimum Gasteiger partial charge on any atom is -0.507 e. The molecule has 0 saturated heterocycles. The summed E-state index contributed by atoms with van der Waals surface area (Å²) in [6, 6.07) is 11.5. The summed E-state index contributed by atoms with van der Waals surface area (Å²) in [5, 5.41) is 9.80. The molecule has 5 nitrogen and oxygen atoms in total. The molecule has 18 heavy (non-hydrogen) atoms. The molecule has 2 N–H and O–H groups in total. The summed E-state index contributed by atoms with van der Waals surface area (Å²) in [4.78, 5) is 9.31. The number of aromatic hydroxyl groups is 1. The standard InChI is InChI=1S/C12H9O5P/c13-10-6-2-1-4-8(10)9-5-3-7-11-12(9)17-18(14,15)16-11/h1-7,13H,(H,14,15). The zero-order valence-corrected chi connectivity index (χ0v) is 10.0. The first-order valence-electron chi connectivity index (χ1n) is 5.20. The third-order valence-electron chi connectivity index (χ3n) is 2.59. The number of phenolic OH excluding ortho intramolecular Hbond substituents is 1. The molecule has 1 aliphatic heterocycles. The third kappa shape index (κ3) is 1.74. The molecule has 0 aromatic heterocycles. The van der Waals surface area contributed by atoms with E-state index in [4.69, 9.17) is 9.05 Å². The number of hydrogen-bond donors (Lipinski definition) is 2. The Morgan fingerprint density at radius 2 is 1.67 bits per heavy atom. The van der Waals surface area contributed by atoms with Gasteiger partial charge in [-0.3, -0.25) is 4.89 Å². The van der Waals surface area contributed by atoms with E-state index >= 15 is 0 Å². The summed E-state index contributed by atoms with van der Waals surface area (Å²) in [6.45, 7) is 0. The Morgan fingerprint density at radius 3 is 2.44 bits per heavy atom. The number of phosphoric ester groups is 1. The van der Waals surface area contributed by atoms with Crippen LogP contribution >= 0.6 is 7.82 Å². The summed E-state index contributed by atoms with van der Waals surface area (Å²) in [6.07, 6.45) is 0. The molecule has 0 spiro atoms. The molecule has 1 atom stereocenters. The largest absolute Gasteiger partial charge is 0.585 e. The fraction of sp³-hybridized carbons (Fsp3) is 0. The molecule has 0 amide bonds. The second-order valence-corrected chi connectivity index (χ2v) is 5.10. The van der Waals surface area contributed by atoms with Gasteiger partial charge in [0.25, 0.3) is 0 Å². The van der Waals surface area contributed by atoms with Gasteiger partial charge in [-0.15, -0.1) is 0 Å². The fourth-order valence-corrected chi connectivity index (χ4v) is 2.70. The molecular formula is C12H9O5P. The SMILES string of the molecule is O=P1(O)Oc2cccc(-c3ccccc3O)c2O1. The molecular weight excluding hydrogens is 255 g/mol. The first kappa shape index (κ1) is 11.1. The Morgan fingerprint density at radius 1 is 0.944 bits per heavy atom. The zero-order chi connectivity index (χ0) is 12.8. The van der Waals surface area contributed by atoms with Crippen LogP contribution in [0.2, 0.25) is 0 Å². The van der Waals surface area contributed by atoms with Crippen LogP contribution in [0, 0.1) is 0 Å². The van der Waals surface area contributed by atoms with Gasteiger partial charge in [-0.1, -0.05) is 30.3 Å². The first-order valence-corrected chi connectivity index (χ1v) is 6.70. The predicted octanol–water partition coefficient (Wildman–Crippen LogP) is 2.93. The predicted molar refractivity (Wildman–Crippen MR) is 64.6 cm³/mol. The van der Waals surface area contributed by atoms with E-state index in [-0.39, 0.29) is 17.2 Å². The number of hydrogen-bond acceptors (Lipinski definition) is 4. The lowest BCUT2D eigenvalue weighted by molar-refractivity contribution is 0.324. The Bertz CT molecular complexity index is 667. The van der Waals surface area contributed by atoms with Gasteiger partial charge in [0.05, 0.1) is 0 Å². The maximum atomic E-state index is 11.4. The number of rotatable bonds is 1. The van der Waals surface area contributed by atoms with Crippen LogP contribution in [0.4, 0.5) is 0 Å². The lowest BCUT2D eigenvalue weighted by atomic mass is 10.0. The van der Waals surface area contributed by atoms with Crippen LogP contribution in [0.15, 0.2) is 42.5 Å². The average molecular weight is 264 g/mol. The summed E-state index contributed by atoms with van der Waals surface area (Å²) in [5.41, 5.74) is 1.03. The molecule has 0 aliphatic carbocycles. The van der Waals surface area contributed by atoms with E-state index in [0.29, 0.717) is 11.1 Å². The maximum absolute atomic E-state index is 11.4. The van der Waals surface area contributed by atoms with Crippen LogP contribution in [0.3, 0.4) is 0 Å². The molecule has 92 valence electrons. The van der Waals surface area contributed by atoms with Gasteiger partial charge in [-0.2, -0.15) is 0 Å². The van der Waals surface area contributed by atoms with Crippen molar-refractivity contribution in [3.63, 3.8) is 0 Å². The van der Waals surface area contributed by atoms with Crippen molar-refractivity contribution in [2.24, 2.45) is 0 Å². The quantitative estimate of drug-likeness (QED) is 0.774. The molecule has 1 heterocycles. The Labute approximate surface area is 103 Å². The highest BCUT2D eigenvalue weighted by Crippen LogP contribution is 2.58. The molecule has 0 bridgehead atoms. The second kappa shape index (κ2) is 3.77. The average Bonchev–Trinajstić information content (AvgIpc) is 2.63. The fourth-order valence-electron chi connectivity index (χ4n) is 1.85.